The molecule has 0 spiro atoms. The van der Waals surface area contributed by atoms with Crippen molar-refractivity contribution in [1.82, 2.24) is 0 Å². The second-order valence-corrected chi connectivity index (χ2v) is 5.81. The molecule has 0 radical (unpaired) electrons. The second-order valence-electron chi connectivity index (χ2n) is 4.96. The van der Waals surface area contributed by atoms with Crippen LogP contribution >= 0.6 is 15.9 Å². The Balaban J connectivity index is 2.51. The topological polar surface area (TPSA) is 26.3 Å². The summed E-state index contributed by atoms with van der Waals surface area (Å²) in [6, 6.07) is 9.55. The minimum atomic E-state index is 0.0226. The Bertz CT molecular complexity index is 652. The van der Waals surface area contributed by atoms with E-state index in [0.29, 0.717) is 11.1 Å². The summed E-state index contributed by atoms with van der Waals surface area (Å²) >= 11 is 3.45. The largest absolute Gasteiger partial charge is 0.496 e. The minimum Gasteiger partial charge on any atom is -0.496 e. The third kappa shape index (κ3) is 2.78. The highest BCUT2D eigenvalue weighted by Crippen LogP contribution is 2.27. The number of halogens is 1. The summed E-state index contributed by atoms with van der Waals surface area (Å²) in [5.41, 5.74) is 4.39. The Morgan fingerprint density at radius 1 is 1.05 bits per heavy atom. The number of rotatable bonds is 3. The zero-order chi connectivity index (χ0) is 14.9. The van der Waals surface area contributed by atoms with E-state index >= 15 is 0 Å². The van der Waals surface area contributed by atoms with Gasteiger partial charge in [0.25, 0.3) is 0 Å². The molecular weight excluding hydrogens is 316 g/mol. The van der Waals surface area contributed by atoms with E-state index in [-0.39, 0.29) is 5.78 Å². The van der Waals surface area contributed by atoms with Crippen molar-refractivity contribution in [2.24, 2.45) is 0 Å². The van der Waals surface area contributed by atoms with Crippen LogP contribution < -0.4 is 4.74 Å². The molecule has 2 rings (SSSR count). The number of methoxy groups -OCH3 is 1. The first-order valence-corrected chi connectivity index (χ1v) is 7.19. The average molecular weight is 333 g/mol. The summed E-state index contributed by atoms with van der Waals surface area (Å²) in [5, 5.41) is 0. The summed E-state index contributed by atoms with van der Waals surface area (Å²) < 4.78 is 6.16. The van der Waals surface area contributed by atoms with Gasteiger partial charge in [-0.3, -0.25) is 4.79 Å². The lowest BCUT2D eigenvalue weighted by Gasteiger charge is -2.11. The first kappa shape index (κ1) is 14.8. The average Bonchev–Trinajstić information content (AvgIpc) is 2.40. The highest BCUT2D eigenvalue weighted by atomic mass is 79.9. The summed E-state index contributed by atoms with van der Waals surface area (Å²) in [5.74, 6) is 0.860. The molecule has 3 heteroatoms. The molecule has 0 bridgehead atoms. The molecule has 0 saturated carbocycles. The summed E-state index contributed by atoms with van der Waals surface area (Å²) in [7, 11) is 1.65. The van der Waals surface area contributed by atoms with Gasteiger partial charge < -0.3 is 4.74 Å². The van der Waals surface area contributed by atoms with Crippen LogP contribution in [0.25, 0.3) is 0 Å². The van der Waals surface area contributed by atoms with E-state index in [1.807, 2.05) is 51.1 Å². The van der Waals surface area contributed by atoms with Gasteiger partial charge in [0.1, 0.15) is 5.75 Å². The molecule has 0 heterocycles. The first-order valence-electron chi connectivity index (χ1n) is 6.40. The maximum Gasteiger partial charge on any atom is 0.194 e. The first-order chi connectivity index (χ1) is 9.43. The Morgan fingerprint density at radius 2 is 1.65 bits per heavy atom. The summed E-state index contributed by atoms with van der Waals surface area (Å²) in [6.45, 7) is 5.88. The van der Waals surface area contributed by atoms with Gasteiger partial charge in [0.2, 0.25) is 0 Å². The van der Waals surface area contributed by atoms with Crippen molar-refractivity contribution in [2.45, 2.75) is 20.8 Å². The van der Waals surface area contributed by atoms with Gasteiger partial charge in [0, 0.05) is 15.6 Å². The van der Waals surface area contributed by atoms with Crippen molar-refractivity contribution in [3.05, 3.63) is 62.6 Å². The fourth-order valence-corrected chi connectivity index (χ4v) is 2.80. The van der Waals surface area contributed by atoms with E-state index in [2.05, 4.69) is 15.9 Å². The number of carbonyl (C=O) groups is 1. The van der Waals surface area contributed by atoms with Crippen LogP contribution in [0.4, 0.5) is 0 Å². The van der Waals surface area contributed by atoms with Crippen molar-refractivity contribution in [3.63, 3.8) is 0 Å². The minimum absolute atomic E-state index is 0.0226. The number of ketones is 1. The number of hydrogen-bond donors (Lipinski definition) is 0. The van der Waals surface area contributed by atoms with Crippen molar-refractivity contribution >= 4 is 21.7 Å². The molecule has 0 fully saturated rings. The molecule has 0 aliphatic heterocycles. The van der Waals surface area contributed by atoms with Gasteiger partial charge >= 0.3 is 0 Å². The highest BCUT2D eigenvalue weighted by Gasteiger charge is 2.15. The van der Waals surface area contributed by atoms with Gasteiger partial charge in [0.05, 0.1) is 7.11 Å². The zero-order valence-corrected chi connectivity index (χ0v) is 13.7. The molecule has 0 aliphatic rings. The number of hydrogen-bond acceptors (Lipinski definition) is 2. The predicted molar refractivity (Wildman–Crippen MR) is 84.8 cm³/mol. The molecule has 0 amide bonds. The molecule has 0 aromatic heterocycles. The van der Waals surface area contributed by atoms with Crippen LogP contribution in [0.3, 0.4) is 0 Å². The van der Waals surface area contributed by atoms with Gasteiger partial charge in [0.15, 0.2) is 5.78 Å². The van der Waals surface area contributed by atoms with Crippen LogP contribution in [-0.2, 0) is 0 Å². The number of aryl methyl sites for hydroxylation is 3. The smallest absolute Gasteiger partial charge is 0.194 e. The molecule has 104 valence electrons. The Labute approximate surface area is 127 Å². The number of ether oxygens (including phenoxy) is 1. The molecule has 0 aliphatic carbocycles. The third-order valence-electron chi connectivity index (χ3n) is 3.29. The van der Waals surface area contributed by atoms with E-state index in [4.69, 9.17) is 4.74 Å². The highest BCUT2D eigenvalue weighted by molar-refractivity contribution is 9.10. The third-order valence-corrected chi connectivity index (χ3v) is 3.98. The van der Waals surface area contributed by atoms with E-state index < -0.39 is 0 Å². The van der Waals surface area contributed by atoms with Gasteiger partial charge in [-0.1, -0.05) is 27.6 Å². The number of benzene rings is 2. The maximum absolute atomic E-state index is 12.7. The van der Waals surface area contributed by atoms with Crippen LogP contribution in [0.15, 0.2) is 34.8 Å². The van der Waals surface area contributed by atoms with Gasteiger partial charge in [-0.25, -0.2) is 0 Å². The predicted octanol–water partition coefficient (Wildman–Crippen LogP) is 4.61. The number of carbonyl (C=O) groups excluding carboxylic acids is 1. The molecule has 2 nitrogen and oxygen atoms in total. The van der Waals surface area contributed by atoms with E-state index in [0.717, 1.165) is 26.9 Å². The van der Waals surface area contributed by atoms with Crippen LogP contribution in [0.2, 0.25) is 0 Å². The van der Waals surface area contributed by atoms with Crippen LogP contribution in [0, 0.1) is 20.8 Å². The van der Waals surface area contributed by atoms with Crippen molar-refractivity contribution in [1.29, 1.82) is 0 Å². The van der Waals surface area contributed by atoms with Crippen molar-refractivity contribution < 1.29 is 9.53 Å². The van der Waals surface area contributed by atoms with E-state index in [1.54, 1.807) is 7.11 Å². The zero-order valence-electron chi connectivity index (χ0n) is 12.1. The molecule has 0 N–H and O–H groups in total. The molecule has 2 aromatic carbocycles. The Hall–Kier alpha value is -1.61. The van der Waals surface area contributed by atoms with Crippen LogP contribution in [-0.4, -0.2) is 12.9 Å². The lowest BCUT2D eigenvalue weighted by Crippen LogP contribution is -2.05. The van der Waals surface area contributed by atoms with E-state index in [1.165, 1.54) is 0 Å². The normalized spacial score (nSPS) is 10.4. The van der Waals surface area contributed by atoms with E-state index in [9.17, 15) is 4.79 Å². The molecule has 0 unspecified atom stereocenters. The Morgan fingerprint density at radius 3 is 2.20 bits per heavy atom. The van der Waals surface area contributed by atoms with Gasteiger partial charge in [-0.2, -0.15) is 0 Å². The quantitative estimate of drug-likeness (QED) is 0.767. The monoisotopic (exact) mass is 332 g/mol. The van der Waals surface area contributed by atoms with Crippen molar-refractivity contribution in [2.75, 3.05) is 7.11 Å². The molecular formula is C17H17BrO2. The fourth-order valence-electron chi connectivity index (χ4n) is 2.37. The second kappa shape index (κ2) is 5.80. The maximum atomic E-state index is 12.7. The van der Waals surface area contributed by atoms with Crippen LogP contribution in [0.1, 0.15) is 32.6 Å². The van der Waals surface area contributed by atoms with Crippen molar-refractivity contribution in [3.8, 4) is 5.75 Å². The summed E-state index contributed by atoms with van der Waals surface area (Å²) in [4.78, 5) is 12.7. The SMILES string of the molecule is COc1c(C)cc(C(=O)c2cc(C)ccc2Br)cc1C. The molecule has 20 heavy (non-hydrogen) atoms. The fraction of sp³-hybridized carbons (Fsp3) is 0.235. The molecule has 0 atom stereocenters. The summed E-state index contributed by atoms with van der Waals surface area (Å²) in [6.07, 6.45) is 0. The molecule has 2 aromatic rings. The Kier molecular flexibility index (Phi) is 4.29. The lowest BCUT2D eigenvalue weighted by molar-refractivity contribution is 0.103. The molecule has 0 saturated heterocycles. The van der Waals surface area contributed by atoms with Gasteiger partial charge in [-0.15, -0.1) is 0 Å². The lowest BCUT2D eigenvalue weighted by atomic mass is 9.97. The van der Waals surface area contributed by atoms with Crippen LogP contribution in [0.5, 0.6) is 5.75 Å². The standard InChI is InChI=1S/C17H17BrO2/c1-10-5-6-15(18)14(7-10)16(19)13-8-11(2)17(20-4)12(3)9-13/h5-9H,1-4H3. The van der Waals surface area contributed by atoms with Gasteiger partial charge in [-0.05, 0) is 56.2 Å².